The number of amides is 2. The Morgan fingerprint density at radius 1 is 1.24 bits per heavy atom. The van der Waals surface area contributed by atoms with E-state index >= 15 is 0 Å². The van der Waals surface area contributed by atoms with Crippen molar-refractivity contribution in [2.24, 2.45) is 5.92 Å². The first kappa shape index (κ1) is 27.2. The van der Waals surface area contributed by atoms with Crippen molar-refractivity contribution in [3.8, 4) is 5.75 Å². The van der Waals surface area contributed by atoms with Gasteiger partial charge in [-0.25, -0.2) is 4.79 Å². The molecule has 1 unspecified atom stereocenters. The molecule has 6 atom stereocenters. The molecule has 0 aliphatic carbocycles. The maximum absolute atomic E-state index is 12.8. The normalized spacial score (nSPS) is 37.1. The molecular formula is C27H33ClN2O7. The van der Waals surface area contributed by atoms with Crippen LogP contribution in [0.25, 0.3) is 0 Å². The molecule has 1 aromatic rings. The number of rotatable bonds is 2. The standard InChI is InChI=1S/C27H33ClN2O7/c1-15-7-6-8-21(35-5)27(33)14-20(36-25(32)30-27)16(2)24-26(3,37-24)10-9-22(31)29-18-12-17(11-15)13-19(34-4)23(18)28/h6-10,12-13,16,20-21,24,33H,11,14H2,1-5H3,(H,29,31)(H,30,32)/b8-6+,10-9+,15-7+/t16-,20+,21-,24?,26+,27+/m1/s1. The molecule has 2 saturated heterocycles. The lowest BCUT2D eigenvalue weighted by Crippen LogP contribution is -2.63. The summed E-state index contributed by atoms with van der Waals surface area (Å²) in [7, 11) is 2.99. The van der Waals surface area contributed by atoms with Crippen LogP contribution in [0.2, 0.25) is 5.02 Å². The van der Waals surface area contributed by atoms with E-state index in [0.29, 0.717) is 22.9 Å². The largest absolute Gasteiger partial charge is 0.495 e. The number of ether oxygens (including phenoxy) is 4. The highest BCUT2D eigenvalue weighted by molar-refractivity contribution is 6.35. The molecule has 2 fully saturated rings. The van der Waals surface area contributed by atoms with Crippen LogP contribution in [0.5, 0.6) is 5.75 Å². The summed E-state index contributed by atoms with van der Waals surface area (Å²) in [5, 5.41) is 17.0. The first-order valence-corrected chi connectivity index (χ1v) is 12.5. The fourth-order valence-electron chi connectivity index (χ4n) is 4.97. The lowest BCUT2D eigenvalue weighted by molar-refractivity contribution is -0.142. The quantitative estimate of drug-likeness (QED) is 0.494. The summed E-state index contributed by atoms with van der Waals surface area (Å²) in [5.74, 6) is -0.192. The molecule has 3 N–H and O–H groups in total. The summed E-state index contributed by atoms with van der Waals surface area (Å²) in [4.78, 5) is 25.2. The Morgan fingerprint density at radius 3 is 2.70 bits per heavy atom. The Morgan fingerprint density at radius 2 is 2.00 bits per heavy atom. The maximum atomic E-state index is 12.8. The number of nitrogens with one attached hydrogen (secondary N) is 2. The number of hydrogen-bond acceptors (Lipinski definition) is 7. The fraction of sp³-hybridized carbons (Fsp3) is 0.481. The second-order valence-corrected chi connectivity index (χ2v) is 10.4. The van der Waals surface area contributed by atoms with Gasteiger partial charge in [-0.2, -0.15) is 0 Å². The molecule has 10 heteroatoms. The monoisotopic (exact) mass is 532 g/mol. The molecule has 4 rings (SSSR count). The van der Waals surface area contributed by atoms with Crippen LogP contribution in [0.1, 0.15) is 32.8 Å². The van der Waals surface area contributed by atoms with E-state index in [-0.39, 0.29) is 24.3 Å². The predicted octanol–water partition coefficient (Wildman–Crippen LogP) is 3.90. The van der Waals surface area contributed by atoms with Crippen molar-refractivity contribution in [3.05, 3.63) is 58.7 Å². The molecule has 0 radical (unpaired) electrons. The van der Waals surface area contributed by atoms with Crippen molar-refractivity contribution in [3.63, 3.8) is 0 Å². The average molecular weight is 533 g/mol. The zero-order valence-electron chi connectivity index (χ0n) is 21.5. The smallest absolute Gasteiger partial charge is 0.409 e. The van der Waals surface area contributed by atoms with E-state index in [2.05, 4.69) is 10.6 Å². The van der Waals surface area contributed by atoms with E-state index in [9.17, 15) is 14.7 Å². The number of carbonyl (C=O) groups is 2. The van der Waals surface area contributed by atoms with Crippen LogP contribution < -0.4 is 15.4 Å². The van der Waals surface area contributed by atoms with Gasteiger partial charge in [-0.3, -0.25) is 10.1 Å². The molecule has 3 aliphatic heterocycles. The zero-order valence-corrected chi connectivity index (χ0v) is 22.3. The predicted molar refractivity (Wildman–Crippen MR) is 139 cm³/mol. The molecular weight excluding hydrogens is 500 g/mol. The van der Waals surface area contributed by atoms with Crippen molar-refractivity contribution >= 4 is 29.3 Å². The van der Waals surface area contributed by atoms with Crippen LogP contribution in [0, 0.1) is 5.92 Å². The van der Waals surface area contributed by atoms with Crippen LogP contribution in [0.15, 0.2) is 48.1 Å². The van der Waals surface area contributed by atoms with Crippen molar-refractivity contribution in [2.75, 3.05) is 19.5 Å². The fourth-order valence-corrected chi connectivity index (χ4v) is 5.20. The molecule has 0 spiro atoms. The Bertz CT molecular complexity index is 1170. The highest BCUT2D eigenvalue weighted by Gasteiger charge is 2.57. The van der Waals surface area contributed by atoms with E-state index in [1.165, 1.54) is 20.3 Å². The first-order valence-electron chi connectivity index (χ1n) is 12.1. The third-order valence-electron chi connectivity index (χ3n) is 7.06. The summed E-state index contributed by atoms with van der Waals surface area (Å²) in [6.45, 7) is 5.69. The minimum absolute atomic E-state index is 0.0930. The van der Waals surface area contributed by atoms with Gasteiger partial charge in [0.2, 0.25) is 5.91 Å². The van der Waals surface area contributed by atoms with E-state index in [4.69, 9.17) is 30.5 Å². The molecule has 9 nitrogen and oxygen atoms in total. The number of benzene rings is 1. The van der Waals surface area contributed by atoms with Crippen molar-refractivity contribution in [1.82, 2.24) is 5.32 Å². The number of epoxide rings is 1. The lowest BCUT2D eigenvalue weighted by atomic mass is 9.85. The summed E-state index contributed by atoms with van der Waals surface area (Å²) in [6.07, 6.45) is 6.56. The molecule has 37 heavy (non-hydrogen) atoms. The number of aliphatic hydroxyl groups is 1. The van der Waals surface area contributed by atoms with Crippen LogP contribution in [-0.4, -0.2) is 61.0 Å². The Labute approximate surface area is 221 Å². The number of hydrogen-bond donors (Lipinski definition) is 3. The van der Waals surface area contributed by atoms with Crippen molar-refractivity contribution < 1.29 is 33.6 Å². The number of carbonyl (C=O) groups excluding carboxylic acids is 2. The van der Waals surface area contributed by atoms with Crippen LogP contribution in [-0.2, 0) is 25.4 Å². The van der Waals surface area contributed by atoms with Gasteiger partial charge < -0.3 is 29.4 Å². The minimum atomic E-state index is -1.68. The van der Waals surface area contributed by atoms with Gasteiger partial charge in [-0.15, -0.1) is 0 Å². The summed E-state index contributed by atoms with van der Waals surface area (Å²) >= 11 is 6.47. The SMILES string of the molecule is COc1cc2cc(c1Cl)NC(=O)/C=C/[C@]1(C)OC1[C@H](C)[C@@H]1C[C@@](O)(NC(=O)O1)[C@H](OC)/C=C/C=C(\C)C2. The van der Waals surface area contributed by atoms with Gasteiger partial charge in [-0.1, -0.05) is 42.3 Å². The van der Waals surface area contributed by atoms with Crippen LogP contribution in [0.3, 0.4) is 0 Å². The van der Waals surface area contributed by atoms with E-state index in [0.717, 1.165) is 11.1 Å². The Kier molecular flexibility index (Phi) is 7.71. The van der Waals surface area contributed by atoms with Gasteiger partial charge >= 0.3 is 6.09 Å². The minimum Gasteiger partial charge on any atom is -0.495 e. The second-order valence-electron chi connectivity index (χ2n) is 9.99. The van der Waals surface area contributed by atoms with Gasteiger partial charge in [0, 0.05) is 25.5 Å². The second kappa shape index (κ2) is 10.5. The van der Waals surface area contributed by atoms with Gasteiger partial charge in [-0.05, 0) is 44.0 Å². The summed E-state index contributed by atoms with van der Waals surface area (Å²) in [6, 6.07) is 3.63. The lowest BCUT2D eigenvalue weighted by Gasteiger charge is -2.42. The van der Waals surface area contributed by atoms with Gasteiger partial charge in [0.1, 0.15) is 28.6 Å². The number of methoxy groups -OCH3 is 2. The van der Waals surface area contributed by atoms with Crippen LogP contribution >= 0.6 is 11.6 Å². The first-order chi connectivity index (χ1) is 17.5. The number of alkyl carbamates (subject to hydrolysis) is 1. The number of allylic oxidation sites excluding steroid dienone is 3. The Hall–Kier alpha value is -2.85. The summed E-state index contributed by atoms with van der Waals surface area (Å²) < 4.78 is 22.4. The highest BCUT2D eigenvalue weighted by Crippen LogP contribution is 2.45. The molecule has 4 bridgehead atoms. The molecule has 200 valence electrons. The molecule has 3 heterocycles. The van der Waals surface area contributed by atoms with Crippen molar-refractivity contribution in [1.29, 1.82) is 0 Å². The highest BCUT2D eigenvalue weighted by atomic mass is 35.5. The summed E-state index contributed by atoms with van der Waals surface area (Å²) in [5.41, 5.74) is -0.102. The third-order valence-corrected chi connectivity index (χ3v) is 7.45. The Balaban J connectivity index is 1.72. The molecule has 2 amide bonds. The topological polar surface area (TPSA) is 119 Å². The van der Waals surface area contributed by atoms with Crippen molar-refractivity contribution in [2.45, 2.75) is 63.3 Å². The van der Waals surface area contributed by atoms with E-state index in [1.54, 1.807) is 18.2 Å². The number of halogens is 1. The average Bonchev–Trinajstić information content (AvgIpc) is 3.52. The molecule has 0 aromatic heterocycles. The van der Waals surface area contributed by atoms with E-state index in [1.807, 2.05) is 39.0 Å². The van der Waals surface area contributed by atoms with Gasteiger partial charge in [0.15, 0.2) is 5.72 Å². The molecule has 1 aromatic carbocycles. The molecule has 0 saturated carbocycles. The number of fused-ring (bicyclic) bond motifs is 5. The number of anilines is 1. The van der Waals surface area contributed by atoms with Gasteiger partial charge in [0.25, 0.3) is 0 Å². The van der Waals surface area contributed by atoms with Gasteiger partial charge in [0.05, 0.1) is 18.9 Å². The zero-order chi connectivity index (χ0) is 27.0. The van der Waals surface area contributed by atoms with Crippen LogP contribution in [0.4, 0.5) is 10.5 Å². The maximum Gasteiger partial charge on any atom is 0.409 e. The molecule has 3 aliphatic rings. The third kappa shape index (κ3) is 5.85. The van der Waals surface area contributed by atoms with E-state index < -0.39 is 29.6 Å².